The molecule has 3 fully saturated rings. The lowest BCUT2D eigenvalue weighted by molar-refractivity contribution is -0.134. The summed E-state index contributed by atoms with van der Waals surface area (Å²) in [4.78, 5) is 67.8. The van der Waals surface area contributed by atoms with E-state index in [1.54, 1.807) is 0 Å². The van der Waals surface area contributed by atoms with Crippen LogP contribution in [0, 0.1) is 12.8 Å². The third kappa shape index (κ3) is 10.2. The summed E-state index contributed by atoms with van der Waals surface area (Å²) in [6, 6.07) is 29.5. The van der Waals surface area contributed by atoms with Crippen molar-refractivity contribution < 1.29 is 29.0 Å². The van der Waals surface area contributed by atoms with Gasteiger partial charge < -0.3 is 19.6 Å². The summed E-state index contributed by atoms with van der Waals surface area (Å²) in [5, 5.41) is 22.4. The number of rotatable bonds is 14. The van der Waals surface area contributed by atoms with Gasteiger partial charge in [0.2, 0.25) is 11.8 Å². The first kappa shape index (κ1) is 50.0. The van der Waals surface area contributed by atoms with Crippen molar-refractivity contribution in [2.45, 2.75) is 109 Å². The quantitative estimate of drug-likeness (QED) is 0.0881. The molecule has 3 aliphatic heterocycles. The minimum Gasteiger partial charge on any atom is -0.490 e. The van der Waals surface area contributed by atoms with Crippen LogP contribution >= 0.6 is 11.3 Å². The molecule has 15 nitrogen and oxygen atoms in total. The number of benzene rings is 4. The number of para-hydroxylation sites is 2. The highest BCUT2D eigenvalue weighted by Gasteiger charge is 2.35. The van der Waals surface area contributed by atoms with E-state index in [1.807, 2.05) is 91.4 Å². The summed E-state index contributed by atoms with van der Waals surface area (Å²) in [7, 11) is 1.95. The van der Waals surface area contributed by atoms with Gasteiger partial charge in [0.15, 0.2) is 10.8 Å². The van der Waals surface area contributed by atoms with E-state index in [0.717, 1.165) is 119 Å². The number of nitrogens with one attached hydrogen (secondary N) is 2. The molecule has 1 unspecified atom stereocenters. The van der Waals surface area contributed by atoms with E-state index in [1.165, 1.54) is 24.2 Å². The van der Waals surface area contributed by atoms with Crippen molar-refractivity contribution in [2.75, 3.05) is 47.8 Å². The summed E-state index contributed by atoms with van der Waals surface area (Å²) in [6.45, 7) is 11.6. The molecule has 6 heterocycles. The zero-order valence-electron chi connectivity index (χ0n) is 43.2. The third-order valence-electron chi connectivity index (χ3n) is 16.4. The van der Waals surface area contributed by atoms with Crippen LogP contribution in [0.3, 0.4) is 0 Å². The van der Waals surface area contributed by atoms with Gasteiger partial charge >= 0.3 is 5.97 Å². The first-order valence-electron chi connectivity index (χ1n) is 26.6. The third-order valence-corrected chi connectivity index (χ3v) is 17.4. The summed E-state index contributed by atoms with van der Waals surface area (Å²) in [6.07, 6.45) is 9.32. The second-order valence-electron chi connectivity index (χ2n) is 21.5. The molecule has 4 aliphatic rings. The second kappa shape index (κ2) is 20.9. The molecule has 0 bridgehead atoms. The second-order valence-corrected chi connectivity index (χ2v) is 22.5. The van der Waals surface area contributed by atoms with Crippen LogP contribution in [-0.2, 0) is 29.6 Å². The van der Waals surface area contributed by atoms with Gasteiger partial charge in [0.05, 0.1) is 39.1 Å². The Morgan fingerprint density at radius 3 is 2.41 bits per heavy atom. The van der Waals surface area contributed by atoms with Crippen molar-refractivity contribution in [3.8, 4) is 16.9 Å². The number of ether oxygens (including phenoxy) is 1. The number of hydrogen-bond donors (Lipinski definition) is 3. The number of pyridine rings is 1. The van der Waals surface area contributed by atoms with Gasteiger partial charge in [0, 0.05) is 74.8 Å². The minimum absolute atomic E-state index is 0.0200. The van der Waals surface area contributed by atoms with Gasteiger partial charge in [-0.15, -0.1) is 0 Å². The van der Waals surface area contributed by atoms with Crippen molar-refractivity contribution in [1.29, 1.82) is 0 Å². The fraction of sp³-hybridized carbons (Fsp3) is 0.407. The SMILES string of the molecule is Cc1c(OC2CCC(CCCC(C)(C)N3CCN(c4cccc5c(C6CCC(=O)NC6=O)nn(C)c45)CC3)CC2)cccc1-c1ccc(N2CCc3cccc(C(=O)Nc4nc5ccccc5s4)c3C2)nc1C(=O)O. The lowest BCUT2D eigenvalue weighted by atomic mass is 9.82. The van der Waals surface area contributed by atoms with Crippen LogP contribution in [0.5, 0.6) is 5.75 Å². The Kier molecular flexibility index (Phi) is 13.9. The maximum Gasteiger partial charge on any atom is 0.355 e. The number of thiazole rings is 1. The maximum atomic E-state index is 13.7. The number of carboxylic acids is 1. The molecule has 3 aromatic heterocycles. The molecule has 1 saturated carbocycles. The van der Waals surface area contributed by atoms with Crippen LogP contribution in [0.15, 0.2) is 91.0 Å². The molecule has 0 spiro atoms. The highest BCUT2D eigenvalue weighted by molar-refractivity contribution is 7.22. The Hall–Kier alpha value is -7.17. The van der Waals surface area contributed by atoms with Gasteiger partial charge in [-0.1, -0.05) is 72.7 Å². The molecule has 7 aromatic rings. The number of carbonyl (C=O) groups excluding carboxylic acids is 3. The summed E-state index contributed by atoms with van der Waals surface area (Å²) in [5.74, 6) is -0.242. The molecule has 3 amide bonds. The van der Waals surface area contributed by atoms with Crippen LogP contribution in [0.25, 0.3) is 32.2 Å². The number of hydrogen-bond acceptors (Lipinski definition) is 12. The Labute approximate surface area is 441 Å². The lowest BCUT2D eigenvalue weighted by Gasteiger charge is -2.45. The zero-order chi connectivity index (χ0) is 52.0. The van der Waals surface area contributed by atoms with Gasteiger partial charge in [0.25, 0.3) is 5.91 Å². The van der Waals surface area contributed by atoms with E-state index < -0.39 is 11.9 Å². The number of amides is 3. The summed E-state index contributed by atoms with van der Waals surface area (Å²) in [5.41, 5.74) is 8.58. The number of aryl methyl sites for hydroxylation is 1. The van der Waals surface area contributed by atoms with Crippen molar-refractivity contribution in [1.82, 2.24) is 30.0 Å². The van der Waals surface area contributed by atoms with E-state index >= 15 is 0 Å². The lowest BCUT2D eigenvalue weighted by Crippen LogP contribution is -2.54. The molecule has 2 saturated heterocycles. The fourth-order valence-corrected chi connectivity index (χ4v) is 13.0. The van der Waals surface area contributed by atoms with E-state index in [4.69, 9.17) is 14.8 Å². The smallest absolute Gasteiger partial charge is 0.355 e. The molecule has 4 aromatic carbocycles. The molecule has 0 radical (unpaired) electrons. The van der Waals surface area contributed by atoms with Gasteiger partial charge in [-0.2, -0.15) is 5.10 Å². The van der Waals surface area contributed by atoms with E-state index in [9.17, 15) is 24.3 Å². The van der Waals surface area contributed by atoms with E-state index in [0.29, 0.717) is 60.3 Å². The van der Waals surface area contributed by atoms with Crippen molar-refractivity contribution >= 4 is 72.8 Å². The molecule has 3 N–H and O–H groups in total. The number of aromatic carboxylic acids is 1. The number of fused-ring (bicyclic) bond motifs is 3. The normalized spacial score (nSPS) is 19.5. The standard InChI is InChI=1S/C59H65N9O6S/c1-36-40(41-24-26-50(61-53(41)57(72)73)67-30-28-38-12-7-14-42(45(38)35-67)55(70)63-58-60-46-16-5-6-19-49(46)75-58)13-9-18-48(36)74-39-22-20-37(21-23-39)11-10-29-59(2,3)68-33-31-66(32-34-68)47-17-8-15-43-52(64-65(4)54(43)47)44-25-27-51(69)62-56(44)71/h5-9,12-19,24,26,37,39,44H,10-11,20-23,25,27-35H2,1-4H3,(H,72,73)(H,60,63,70)(H,62,69,71). The van der Waals surface area contributed by atoms with Crippen molar-refractivity contribution in [3.05, 3.63) is 125 Å². The minimum atomic E-state index is -1.10. The number of aromatic nitrogens is 4. The highest BCUT2D eigenvalue weighted by atomic mass is 32.1. The van der Waals surface area contributed by atoms with E-state index in [2.05, 4.69) is 62.4 Å². The predicted molar refractivity (Wildman–Crippen MR) is 294 cm³/mol. The van der Waals surface area contributed by atoms with Crippen LogP contribution in [0.1, 0.15) is 121 Å². The molecule has 75 heavy (non-hydrogen) atoms. The Morgan fingerprint density at radius 1 is 0.840 bits per heavy atom. The number of carbonyl (C=O) groups is 4. The first-order chi connectivity index (χ1) is 36.3. The first-order valence-corrected chi connectivity index (χ1v) is 27.4. The van der Waals surface area contributed by atoms with Crippen LogP contribution in [-0.4, -0.2) is 97.8 Å². The maximum absolute atomic E-state index is 13.7. The molecular weight excluding hydrogens is 963 g/mol. The number of piperazine rings is 1. The number of piperidine rings is 1. The largest absolute Gasteiger partial charge is 0.490 e. The fourth-order valence-electron chi connectivity index (χ4n) is 12.2. The van der Waals surface area contributed by atoms with Gasteiger partial charge in [-0.25, -0.2) is 14.8 Å². The number of carboxylic acid groups (broad SMARTS) is 1. The number of anilines is 3. The van der Waals surface area contributed by atoms with Crippen LogP contribution in [0.4, 0.5) is 16.6 Å². The average molecular weight is 1030 g/mol. The predicted octanol–water partition coefficient (Wildman–Crippen LogP) is 10.3. The molecular formula is C59H65N9O6S. The monoisotopic (exact) mass is 1030 g/mol. The molecule has 11 rings (SSSR count). The molecule has 16 heteroatoms. The van der Waals surface area contributed by atoms with Crippen LogP contribution < -0.4 is 25.2 Å². The summed E-state index contributed by atoms with van der Waals surface area (Å²) < 4.78 is 9.63. The Morgan fingerprint density at radius 2 is 1.63 bits per heavy atom. The van der Waals surface area contributed by atoms with Crippen LogP contribution in [0.2, 0.25) is 0 Å². The van der Waals surface area contributed by atoms with Gasteiger partial charge in [-0.05, 0) is 136 Å². The Balaban J connectivity index is 0.672. The van der Waals surface area contributed by atoms with Crippen molar-refractivity contribution in [3.63, 3.8) is 0 Å². The Bertz CT molecular complexity index is 3300. The summed E-state index contributed by atoms with van der Waals surface area (Å²) >= 11 is 1.44. The molecule has 1 aliphatic carbocycles. The highest BCUT2D eigenvalue weighted by Crippen LogP contribution is 2.39. The van der Waals surface area contributed by atoms with Crippen molar-refractivity contribution in [2.24, 2.45) is 13.0 Å². The average Bonchev–Trinajstić information content (AvgIpc) is 3.99. The van der Waals surface area contributed by atoms with Gasteiger partial charge in [-0.3, -0.25) is 34.6 Å². The number of imide groups is 1. The molecule has 1 atom stereocenters. The number of nitrogens with zero attached hydrogens (tertiary/aromatic N) is 7. The zero-order valence-corrected chi connectivity index (χ0v) is 44.0. The van der Waals surface area contributed by atoms with E-state index in [-0.39, 0.29) is 35.1 Å². The van der Waals surface area contributed by atoms with Gasteiger partial charge in [0.1, 0.15) is 11.6 Å². The molecule has 388 valence electrons. The topological polar surface area (TPSA) is 175 Å².